The Morgan fingerprint density at radius 2 is 1.79 bits per heavy atom. The number of nitrogens with zero attached hydrogens (tertiary/aromatic N) is 5. The highest BCUT2D eigenvalue weighted by Gasteiger charge is 2.26. The molecule has 0 bridgehead atoms. The molecule has 0 aliphatic carbocycles. The van der Waals surface area contributed by atoms with Crippen LogP contribution in [0.25, 0.3) is 11.1 Å². The molecule has 0 radical (unpaired) electrons. The maximum Gasteiger partial charge on any atom is 0.309 e. The zero-order valence-corrected chi connectivity index (χ0v) is 12.7. The predicted octanol–water partition coefficient (Wildman–Crippen LogP) is 1.72. The fraction of sp³-hybridized carbons (Fsp3) is 0.250. The van der Waals surface area contributed by atoms with E-state index in [2.05, 4.69) is 15.0 Å². The Kier molecular flexibility index (Phi) is 3.56. The maximum absolute atomic E-state index is 12.9. The average Bonchev–Trinajstić information content (AvgIpc) is 3.06. The molecule has 1 aromatic carbocycles. The number of carbonyl (C=O) groups is 1. The zero-order valence-electron chi connectivity index (χ0n) is 12.7. The molecular formula is C16H14FN5O2. The van der Waals surface area contributed by atoms with Crippen molar-refractivity contribution in [2.45, 2.75) is 0 Å². The number of para-hydroxylation sites is 2. The van der Waals surface area contributed by atoms with Gasteiger partial charge in [-0.2, -0.15) is 0 Å². The molecule has 0 saturated carbocycles. The first kappa shape index (κ1) is 14.6. The molecule has 8 heteroatoms. The maximum atomic E-state index is 12.9. The molecule has 2 aromatic heterocycles. The summed E-state index contributed by atoms with van der Waals surface area (Å²) in [4.78, 5) is 28.3. The van der Waals surface area contributed by atoms with E-state index >= 15 is 0 Å². The third-order valence-corrected chi connectivity index (χ3v) is 3.93. The van der Waals surface area contributed by atoms with Crippen LogP contribution in [0.15, 0.2) is 41.1 Å². The third-order valence-electron chi connectivity index (χ3n) is 3.93. The minimum absolute atomic E-state index is 0.0997. The average molecular weight is 327 g/mol. The Labute approximate surface area is 136 Å². The van der Waals surface area contributed by atoms with E-state index < -0.39 is 5.82 Å². The van der Waals surface area contributed by atoms with Crippen molar-refractivity contribution >= 4 is 23.0 Å². The molecule has 4 rings (SSSR count). The second-order valence-electron chi connectivity index (χ2n) is 5.47. The summed E-state index contributed by atoms with van der Waals surface area (Å²) in [6, 6.07) is 7.27. The molecular weight excluding hydrogens is 313 g/mol. The molecule has 1 amide bonds. The number of halogens is 1. The number of anilines is 1. The first-order chi connectivity index (χ1) is 11.7. The quantitative estimate of drug-likeness (QED) is 0.713. The third kappa shape index (κ3) is 2.66. The van der Waals surface area contributed by atoms with Gasteiger partial charge in [0.15, 0.2) is 11.4 Å². The van der Waals surface area contributed by atoms with Crippen LogP contribution >= 0.6 is 0 Å². The Hall–Kier alpha value is -3.03. The van der Waals surface area contributed by atoms with Gasteiger partial charge in [-0.1, -0.05) is 12.1 Å². The van der Waals surface area contributed by atoms with Crippen LogP contribution in [0.3, 0.4) is 0 Å². The van der Waals surface area contributed by atoms with Crippen LogP contribution in [0.1, 0.15) is 10.7 Å². The van der Waals surface area contributed by atoms with Gasteiger partial charge in [0.2, 0.25) is 5.95 Å². The molecule has 122 valence electrons. The zero-order chi connectivity index (χ0) is 16.5. The van der Waals surface area contributed by atoms with Gasteiger partial charge < -0.3 is 14.2 Å². The smallest absolute Gasteiger partial charge is 0.309 e. The molecule has 3 aromatic rings. The summed E-state index contributed by atoms with van der Waals surface area (Å²) in [5.74, 6) is -0.137. The Bertz CT molecular complexity index is 839. The van der Waals surface area contributed by atoms with Gasteiger partial charge in [-0.15, -0.1) is 0 Å². The van der Waals surface area contributed by atoms with Gasteiger partial charge in [-0.25, -0.2) is 19.3 Å². The summed E-state index contributed by atoms with van der Waals surface area (Å²) in [7, 11) is 0. The van der Waals surface area contributed by atoms with Crippen LogP contribution in [0.5, 0.6) is 0 Å². The number of rotatable bonds is 2. The Morgan fingerprint density at radius 3 is 2.50 bits per heavy atom. The lowest BCUT2D eigenvalue weighted by molar-refractivity contribution is 0.0708. The number of hydrogen-bond donors (Lipinski definition) is 0. The SMILES string of the molecule is O=C(c1nc2ccccc2o1)N1CCN(c2ncc(F)cn2)CC1. The number of piperazine rings is 1. The lowest BCUT2D eigenvalue weighted by Crippen LogP contribution is -2.49. The van der Waals surface area contributed by atoms with E-state index in [9.17, 15) is 9.18 Å². The van der Waals surface area contributed by atoms with E-state index in [0.29, 0.717) is 43.2 Å². The number of benzene rings is 1. The number of hydrogen-bond acceptors (Lipinski definition) is 6. The number of aromatic nitrogens is 3. The van der Waals surface area contributed by atoms with Crippen LogP contribution in [0, 0.1) is 5.82 Å². The highest BCUT2D eigenvalue weighted by atomic mass is 19.1. The molecule has 1 saturated heterocycles. The summed E-state index contributed by atoms with van der Waals surface area (Å²) in [6.07, 6.45) is 2.27. The van der Waals surface area contributed by atoms with Crippen molar-refractivity contribution in [3.63, 3.8) is 0 Å². The van der Waals surface area contributed by atoms with Gasteiger partial charge in [-0.3, -0.25) is 4.79 Å². The largest absolute Gasteiger partial charge is 0.432 e. The monoisotopic (exact) mass is 327 g/mol. The highest BCUT2D eigenvalue weighted by Crippen LogP contribution is 2.17. The lowest BCUT2D eigenvalue weighted by atomic mass is 10.3. The predicted molar refractivity (Wildman–Crippen MR) is 84.1 cm³/mol. The Morgan fingerprint density at radius 1 is 1.08 bits per heavy atom. The van der Waals surface area contributed by atoms with Gasteiger partial charge in [0.25, 0.3) is 5.89 Å². The first-order valence-electron chi connectivity index (χ1n) is 7.58. The van der Waals surface area contributed by atoms with Crippen molar-refractivity contribution in [2.24, 2.45) is 0 Å². The van der Waals surface area contributed by atoms with Crippen molar-refractivity contribution < 1.29 is 13.6 Å². The lowest BCUT2D eigenvalue weighted by Gasteiger charge is -2.33. The standard InChI is InChI=1S/C16H14FN5O2/c17-11-9-18-16(19-10-11)22-7-5-21(6-8-22)15(23)14-20-12-3-1-2-4-13(12)24-14/h1-4,9-10H,5-8H2. The van der Waals surface area contributed by atoms with Gasteiger partial charge in [-0.05, 0) is 12.1 Å². The number of fused-ring (bicyclic) bond motifs is 1. The summed E-state index contributed by atoms with van der Waals surface area (Å²) in [5.41, 5.74) is 1.26. The molecule has 7 nitrogen and oxygen atoms in total. The Balaban J connectivity index is 1.45. The molecule has 0 spiro atoms. The van der Waals surface area contributed by atoms with Gasteiger partial charge >= 0.3 is 5.91 Å². The minimum atomic E-state index is -0.469. The molecule has 0 unspecified atom stereocenters. The van der Waals surface area contributed by atoms with Gasteiger partial charge in [0, 0.05) is 26.2 Å². The molecule has 1 aliphatic rings. The number of amides is 1. The van der Waals surface area contributed by atoms with E-state index in [-0.39, 0.29) is 11.8 Å². The van der Waals surface area contributed by atoms with E-state index in [1.54, 1.807) is 17.0 Å². The second-order valence-corrected chi connectivity index (χ2v) is 5.47. The summed E-state index contributed by atoms with van der Waals surface area (Å²) < 4.78 is 18.4. The van der Waals surface area contributed by atoms with Gasteiger partial charge in [0.1, 0.15) is 5.52 Å². The van der Waals surface area contributed by atoms with Crippen molar-refractivity contribution in [1.29, 1.82) is 0 Å². The molecule has 3 heterocycles. The normalized spacial score (nSPS) is 15.0. The van der Waals surface area contributed by atoms with E-state index in [1.165, 1.54) is 0 Å². The van der Waals surface area contributed by atoms with Crippen molar-refractivity contribution in [3.05, 3.63) is 48.4 Å². The second kappa shape index (κ2) is 5.88. The number of carbonyl (C=O) groups excluding carboxylic acids is 1. The van der Waals surface area contributed by atoms with Gasteiger partial charge in [0.05, 0.1) is 12.4 Å². The van der Waals surface area contributed by atoms with Crippen LogP contribution in [0.4, 0.5) is 10.3 Å². The fourth-order valence-corrected chi connectivity index (χ4v) is 2.68. The van der Waals surface area contributed by atoms with Crippen LogP contribution in [-0.4, -0.2) is 51.9 Å². The molecule has 0 N–H and O–H groups in total. The summed E-state index contributed by atoms with van der Waals surface area (Å²) in [5, 5.41) is 0. The minimum Gasteiger partial charge on any atom is -0.432 e. The van der Waals surface area contributed by atoms with E-state index in [0.717, 1.165) is 12.4 Å². The summed E-state index contributed by atoms with van der Waals surface area (Å²) in [6.45, 7) is 2.13. The van der Waals surface area contributed by atoms with E-state index in [4.69, 9.17) is 4.42 Å². The van der Waals surface area contributed by atoms with E-state index in [1.807, 2.05) is 17.0 Å². The highest BCUT2D eigenvalue weighted by molar-refractivity contribution is 5.92. The topological polar surface area (TPSA) is 75.4 Å². The van der Waals surface area contributed by atoms with Crippen LogP contribution in [-0.2, 0) is 0 Å². The van der Waals surface area contributed by atoms with Crippen molar-refractivity contribution in [2.75, 3.05) is 31.1 Å². The van der Waals surface area contributed by atoms with Crippen molar-refractivity contribution in [3.8, 4) is 0 Å². The molecule has 1 fully saturated rings. The number of oxazole rings is 1. The molecule has 24 heavy (non-hydrogen) atoms. The van der Waals surface area contributed by atoms with Crippen molar-refractivity contribution in [1.82, 2.24) is 19.9 Å². The first-order valence-corrected chi connectivity index (χ1v) is 7.58. The van der Waals surface area contributed by atoms with Crippen LogP contribution < -0.4 is 4.90 Å². The summed E-state index contributed by atoms with van der Waals surface area (Å²) >= 11 is 0. The molecule has 1 aliphatic heterocycles. The fourth-order valence-electron chi connectivity index (χ4n) is 2.68. The van der Waals surface area contributed by atoms with Crippen LogP contribution in [0.2, 0.25) is 0 Å². The molecule has 0 atom stereocenters.